The molecule has 0 radical (unpaired) electrons. The van der Waals surface area contributed by atoms with E-state index in [1.807, 2.05) is 11.0 Å². The van der Waals surface area contributed by atoms with Gasteiger partial charge in [-0.3, -0.25) is 14.4 Å². The summed E-state index contributed by atoms with van der Waals surface area (Å²) in [4.78, 5) is 41.5. The quantitative estimate of drug-likeness (QED) is 0.439. The fraction of sp³-hybridized carbons (Fsp3) is 0.625. The minimum absolute atomic E-state index is 0.0204. The van der Waals surface area contributed by atoms with Crippen LogP contribution in [0.4, 0.5) is 13.2 Å². The average Bonchev–Trinajstić information content (AvgIpc) is 3.54. The summed E-state index contributed by atoms with van der Waals surface area (Å²) in [6.07, 6.45) is 3.75. The van der Waals surface area contributed by atoms with Gasteiger partial charge in [-0.25, -0.2) is 4.68 Å². The maximum atomic E-state index is 14.3. The standard InChI is InChI=1S/C32H35ClF3N3O5/c33-23-3-1-2-22(31(10-11-31)32(34,35)36)25(23)28(41)39-24-14-20(27(40)38-13-12-30(15-38)16-44-17-30)8-9-21(24)26(37-39)18-4-6-19(7-5-18)29(42)43/h1-2,4,19-20,23H,3,5-17H2,(H,42,43). The predicted octanol–water partition coefficient (Wildman–Crippen LogP) is 5.35. The first-order chi connectivity index (χ1) is 20.9. The van der Waals surface area contributed by atoms with Crippen molar-refractivity contribution in [3.8, 4) is 0 Å². The average molecular weight is 634 g/mol. The number of rotatable bonds is 5. The first kappa shape index (κ1) is 29.8. The van der Waals surface area contributed by atoms with Crippen LogP contribution in [0.5, 0.6) is 0 Å². The van der Waals surface area contributed by atoms with Gasteiger partial charge in [-0.05, 0) is 68.9 Å². The van der Waals surface area contributed by atoms with Crippen LogP contribution in [0.15, 0.2) is 29.4 Å². The van der Waals surface area contributed by atoms with E-state index in [1.54, 1.807) is 6.08 Å². The highest BCUT2D eigenvalue weighted by atomic mass is 35.5. The zero-order valence-electron chi connectivity index (χ0n) is 24.3. The summed E-state index contributed by atoms with van der Waals surface area (Å²) in [7, 11) is 0. The number of fused-ring (bicyclic) bond motifs is 1. The maximum Gasteiger partial charge on any atom is 0.398 e. The Morgan fingerprint density at radius 3 is 2.41 bits per heavy atom. The SMILES string of the molecule is O=C(O)C1CC=C(c2nn(C(=O)C3=C(C4(C(F)(F)F)CC4)C=CCC3Cl)c3c2CCC(C(=O)N2CCC4(COC4)C2)C3)CC1. The third-order valence-corrected chi connectivity index (χ3v) is 11.1. The second kappa shape index (κ2) is 10.6. The van der Waals surface area contributed by atoms with Crippen molar-refractivity contribution in [3.63, 3.8) is 0 Å². The Kier molecular flexibility index (Phi) is 7.16. The third-order valence-electron chi connectivity index (χ3n) is 10.7. The number of alkyl halides is 4. The van der Waals surface area contributed by atoms with Crippen LogP contribution in [-0.2, 0) is 27.2 Å². The summed E-state index contributed by atoms with van der Waals surface area (Å²) in [5, 5.41) is 13.3. The number of likely N-dealkylation sites (tertiary alicyclic amines) is 1. The molecule has 1 saturated carbocycles. The molecular weight excluding hydrogens is 599 g/mol. The molecule has 2 aliphatic heterocycles. The highest BCUT2D eigenvalue weighted by Crippen LogP contribution is 2.64. The van der Waals surface area contributed by atoms with E-state index in [0.29, 0.717) is 69.8 Å². The van der Waals surface area contributed by atoms with Crippen molar-refractivity contribution in [2.45, 2.75) is 75.8 Å². The van der Waals surface area contributed by atoms with E-state index in [2.05, 4.69) is 0 Å². The van der Waals surface area contributed by atoms with Gasteiger partial charge in [0.25, 0.3) is 5.91 Å². The molecule has 1 aromatic rings. The molecular formula is C32H35ClF3N3O5. The number of carboxylic acid groups (broad SMARTS) is 1. The van der Waals surface area contributed by atoms with Gasteiger partial charge in [0.1, 0.15) is 0 Å². The normalized spacial score (nSPS) is 28.9. The van der Waals surface area contributed by atoms with Gasteiger partial charge in [0.2, 0.25) is 5.91 Å². The summed E-state index contributed by atoms with van der Waals surface area (Å²) in [5.74, 6) is -2.41. The second-order valence-corrected chi connectivity index (χ2v) is 14.0. The van der Waals surface area contributed by atoms with Crippen molar-refractivity contribution in [1.82, 2.24) is 14.7 Å². The molecule has 3 atom stereocenters. The molecule has 12 heteroatoms. The first-order valence-electron chi connectivity index (χ1n) is 15.5. The maximum absolute atomic E-state index is 14.3. The van der Waals surface area contributed by atoms with Crippen LogP contribution in [0.25, 0.3) is 5.57 Å². The van der Waals surface area contributed by atoms with E-state index in [-0.39, 0.29) is 54.1 Å². The molecule has 4 aliphatic carbocycles. The van der Waals surface area contributed by atoms with E-state index in [0.717, 1.165) is 17.6 Å². The number of nitrogens with zero attached hydrogens (tertiary/aromatic N) is 3. The van der Waals surface area contributed by atoms with Crippen LogP contribution in [0.3, 0.4) is 0 Å². The lowest BCUT2D eigenvalue weighted by Gasteiger charge is -2.38. The van der Waals surface area contributed by atoms with Crippen molar-refractivity contribution < 1.29 is 37.4 Å². The number of hydrogen-bond acceptors (Lipinski definition) is 5. The molecule has 0 bridgehead atoms. The Labute approximate surface area is 257 Å². The molecule has 1 amide bonds. The Balaban J connectivity index is 1.27. The lowest BCUT2D eigenvalue weighted by Crippen LogP contribution is -2.46. The number of allylic oxidation sites excluding steroid dienone is 6. The highest BCUT2D eigenvalue weighted by molar-refractivity contribution is 6.26. The van der Waals surface area contributed by atoms with Crippen molar-refractivity contribution in [3.05, 3.63) is 46.3 Å². The monoisotopic (exact) mass is 633 g/mol. The van der Waals surface area contributed by atoms with Crippen molar-refractivity contribution in [2.75, 3.05) is 26.3 Å². The van der Waals surface area contributed by atoms with Crippen LogP contribution in [0.1, 0.15) is 73.1 Å². The molecule has 3 unspecified atom stereocenters. The largest absolute Gasteiger partial charge is 0.481 e. The second-order valence-electron chi connectivity index (χ2n) is 13.5. The number of carboxylic acids is 1. The molecule has 7 rings (SSSR count). The number of carbonyl (C=O) groups is 3. The van der Waals surface area contributed by atoms with Gasteiger partial charge >= 0.3 is 12.1 Å². The van der Waals surface area contributed by atoms with E-state index in [1.165, 1.54) is 10.8 Å². The lowest BCUT2D eigenvalue weighted by molar-refractivity contribution is -0.174. The van der Waals surface area contributed by atoms with Crippen LogP contribution in [0.2, 0.25) is 0 Å². The number of ether oxygens (including phenoxy) is 1. The fourth-order valence-corrected chi connectivity index (χ4v) is 8.14. The summed E-state index contributed by atoms with van der Waals surface area (Å²) < 4.78 is 49.5. The number of aliphatic carboxylic acids is 1. The van der Waals surface area contributed by atoms with Gasteiger partial charge in [0.15, 0.2) is 0 Å². The number of aromatic nitrogens is 2. The topological polar surface area (TPSA) is 102 Å². The van der Waals surface area contributed by atoms with Gasteiger partial charge in [0, 0.05) is 42.0 Å². The van der Waals surface area contributed by atoms with E-state index in [9.17, 15) is 32.7 Å². The zero-order chi connectivity index (χ0) is 31.0. The molecule has 1 spiro atoms. The van der Waals surface area contributed by atoms with Gasteiger partial charge in [-0.15, -0.1) is 11.6 Å². The summed E-state index contributed by atoms with van der Waals surface area (Å²) in [6.45, 7) is 2.60. The zero-order valence-corrected chi connectivity index (χ0v) is 25.1. The van der Waals surface area contributed by atoms with E-state index in [4.69, 9.17) is 21.4 Å². The lowest BCUT2D eigenvalue weighted by atomic mass is 9.82. The third kappa shape index (κ3) is 4.76. The minimum atomic E-state index is -4.52. The molecule has 2 saturated heterocycles. The molecule has 0 aromatic carbocycles. The van der Waals surface area contributed by atoms with Gasteiger partial charge < -0.3 is 14.7 Å². The molecule has 3 fully saturated rings. The van der Waals surface area contributed by atoms with Gasteiger partial charge in [0.05, 0.1) is 41.3 Å². The smallest absolute Gasteiger partial charge is 0.398 e. The summed E-state index contributed by atoms with van der Waals surface area (Å²) >= 11 is 6.63. The Bertz CT molecular complexity index is 1520. The highest BCUT2D eigenvalue weighted by Gasteiger charge is 2.66. The van der Waals surface area contributed by atoms with Crippen molar-refractivity contribution >= 4 is 35.0 Å². The minimum Gasteiger partial charge on any atom is -0.481 e. The van der Waals surface area contributed by atoms with Gasteiger partial charge in [-0.1, -0.05) is 18.2 Å². The number of carbonyl (C=O) groups excluding carboxylic acids is 2. The molecule has 236 valence electrons. The van der Waals surface area contributed by atoms with Crippen LogP contribution in [0, 0.1) is 22.7 Å². The van der Waals surface area contributed by atoms with Crippen LogP contribution >= 0.6 is 11.6 Å². The molecule has 1 aromatic heterocycles. The van der Waals surface area contributed by atoms with E-state index < -0.39 is 34.8 Å². The molecule has 44 heavy (non-hydrogen) atoms. The molecule has 6 aliphatic rings. The van der Waals surface area contributed by atoms with E-state index >= 15 is 0 Å². The number of halogens is 4. The van der Waals surface area contributed by atoms with Crippen molar-refractivity contribution in [2.24, 2.45) is 22.7 Å². The fourth-order valence-electron chi connectivity index (χ4n) is 7.82. The van der Waals surface area contributed by atoms with Crippen LogP contribution in [-0.4, -0.2) is 75.4 Å². The van der Waals surface area contributed by atoms with Crippen LogP contribution < -0.4 is 0 Å². The molecule has 8 nitrogen and oxygen atoms in total. The Hall–Kier alpha value is -2.92. The Morgan fingerprint density at radius 2 is 1.82 bits per heavy atom. The summed E-state index contributed by atoms with van der Waals surface area (Å²) in [6, 6.07) is 0. The number of amides is 1. The molecule has 1 N–H and O–H groups in total. The van der Waals surface area contributed by atoms with Crippen molar-refractivity contribution in [1.29, 1.82) is 0 Å². The Morgan fingerprint density at radius 1 is 1.07 bits per heavy atom. The summed E-state index contributed by atoms with van der Waals surface area (Å²) in [5.41, 5.74) is 0.535. The predicted molar refractivity (Wildman–Crippen MR) is 154 cm³/mol. The van der Waals surface area contributed by atoms with Gasteiger partial charge in [-0.2, -0.15) is 18.3 Å². The molecule has 3 heterocycles. The number of hydrogen-bond donors (Lipinski definition) is 1. The first-order valence-corrected chi connectivity index (χ1v) is 15.9.